The van der Waals surface area contributed by atoms with Crippen LogP contribution in [0.15, 0.2) is 12.3 Å². The second-order valence-corrected chi connectivity index (χ2v) is 8.68. The molecule has 0 bridgehead atoms. The molecule has 0 aliphatic carbocycles. The number of hydrogen-bond donors (Lipinski definition) is 1. The van der Waals surface area contributed by atoms with Crippen LogP contribution in [-0.4, -0.2) is 54.0 Å². The highest BCUT2D eigenvalue weighted by molar-refractivity contribution is 7.91. The van der Waals surface area contributed by atoms with Crippen LogP contribution in [0.25, 0.3) is 0 Å². The maximum absolute atomic E-state index is 12.3. The van der Waals surface area contributed by atoms with Crippen molar-refractivity contribution >= 4 is 15.7 Å². The fourth-order valence-corrected chi connectivity index (χ4v) is 4.61. The Morgan fingerprint density at radius 1 is 1.50 bits per heavy atom. The van der Waals surface area contributed by atoms with Crippen molar-refractivity contribution in [1.82, 2.24) is 15.1 Å². The fraction of sp³-hybridized carbons (Fsp3) is 0.733. The van der Waals surface area contributed by atoms with E-state index < -0.39 is 9.84 Å². The van der Waals surface area contributed by atoms with Crippen molar-refractivity contribution in [2.75, 3.05) is 24.6 Å². The summed E-state index contributed by atoms with van der Waals surface area (Å²) in [6.45, 7) is 5.11. The van der Waals surface area contributed by atoms with Gasteiger partial charge in [0.15, 0.2) is 9.84 Å². The van der Waals surface area contributed by atoms with E-state index in [0.29, 0.717) is 13.1 Å². The van der Waals surface area contributed by atoms with E-state index in [-0.39, 0.29) is 35.7 Å². The summed E-state index contributed by atoms with van der Waals surface area (Å²) in [6.07, 6.45) is 3.77. The molecule has 0 saturated carbocycles. The van der Waals surface area contributed by atoms with E-state index in [1.54, 1.807) is 11.1 Å². The zero-order valence-corrected chi connectivity index (χ0v) is 14.1. The summed E-state index contributed by atoms with van der Waals surface area (Å²) in [5.41, 5.74) is 1.05. The third-order valence-corrected chi connectivity index (χ3v) is 5.95. The van der Waals surface area contributed by atoms with Crippen molar-refractivity contribution < 1.29 is 13.2 Å². The molecule has 22 heavy (non-hydrogen) atoms. The molecule has 2 heterocycles. The Morgan fingerprint density at radius 2 is 2.27 bits per heavy atom. The largest absolute Gasteiger partial charge is 0.342 e. The first-order valence-electron chi connectivity index (χ1n) is 7.85. The number of aromatic nitrogens is 2. The minimum Gasteiger partial charge on any atom is -0.342 e. The summed E-state index contributed by atoms with van der Waals surface area (Å²) in [7, 11) is -3.13. The SMILES string of the molecule is CC(C)CS(=O)(=O)CCC(=O)N1CCC[C@@H](c2ccn[nH]2)C1. The normalized spacial score (nSPS) is 19.6. The van der Waals surface area contributed by atoms with Gasteiger partial charge in [-0.1, -0.05) is 13.8 Å². The molecule has 0 radical (unpaired) electrons. The quantitative estimate of drug-likeness (QED) is 0.860. The molecule has 2 rings (SSSR count). The van der Waals surface area contributed by atoms with Gasteiger partial charge in [0.2, 0.25) is 5.91 Å². The van der Waals surface area contributed by atoms with Gasteiger partial charge in [-0.15, -0.1) is 0 Å². The van der Waals surface area contributed by atoms with Crippen LogP contribution in [0.3, 0.4) is 0 Å². The Balaban J connectivity index is 1.87. The topological polar surface area (TPSA) is 83.1 Å². The second-order valence-electron chi connectivity index (χ2n) is 6.45. The molecular formula is C15H25N3O3S. The van der Waals surface area contributed by atoms with Gasteiger partial charge < -0.3 is 4.90 Å². The van der Waals surface area contributed by atoms with Gasteiger partial charge in [0.1, 0.15) is 0 Å². The Kier molecular flexibility index (Phi) is 5.61. The van der Waals surface area contributed by atoms with Gasteiger partial charge in [0.25, 0.3) is 0 Å². The third-order valence-electron chi connectivity index (χ3n) is 3.95. The van der Waals surface area contributed by atoms with E-state index in [0.717, 1.165) is 18.5 Å². The first-order valence-corrected chi connectivity index (χ1v) is 9.67. The number of hydrogen-bond acceptors (Lipinski definition) is 4. The van der Waals surface area contributed by atoms with Gasteiger partial charge >= 0.3 is 0 Å². The molecule has 1 saturated heterocycles. The van der Waals surface area contributed by atoms with Crippen LogP contribution < -0.4 is 0 Å². The minimum absolute atomic E-state index is 0.0464. The van der Waals surface area contributed by atoms with Crippen molar-refractivity contribution in [2.45, 2.75) is 39.0 Å². The van der Waals surface area contributed by atoms with Gasteiger partial charge in [-0.25, -0.2) is 8.42 Å². The zero-order chi connectivity index (χ0) is 16.2. The fourth-order valence-electron chi connectivity index (χ4n) is 2.94. The van der Waals surface area contributed by atoms with Crippen LogP contribution in [0.5, 0.6) is 0 Å². The summed E-state index contributed by atoms with van der Waals surface area (Å²) in [5.74, 6) is 0.413. The number of carbonyl (C=O) groups excluding carboxylic acids is 1. The molecule has 1 aliphatic heterocycles. The van der Waals surface area contributed by atoms with E-state index >= 15 is 0 Å². The molecule has 7 heteroatoms. The third kappa shape index (κ3) is 4.83. The number of sulfone groups is 1. The first-order chi connectivity index (χ1) is 10.4. The molecule has 1 amide bonds. The van der Waals surface area contributed by atoms with Gasteiger partial charge in [0.05, 0.1) is 11.5 Å². The van der Waals surface area contributed by atoms with Crippen LogP contribution in [0.2, 0.25) is 0 Å². The number of nitrogens with zero attached hydrogens (tertiary/aromatic N) is 2. The maximum atomic E-state index is 12.3. The standard InChI is InChI=1S/C15H25N3O3S/c1-12(2)11-22(20,21)9-6-15(19)18-8-3-4-13(10-18)14-5-7-16-17-14/h5,7,12-13H,3-4,6,8-11H2,1-2H3,(H,16,17)/t13-/m1/s1. The Morgan fingerprint density at radius 3 is 2.91 bits per heavy atom. The van der Waals surface area contributed by atoms with Crippen molar-refractivity contribution in [3.05, 3.63) is 18.0 Å². The number of nitrogens with one attached hydrogen (secondary N) is 1. The number of rotatable bonds is 6. The highest BCUT2D eigenvalue weighted by Gasteiger charge is 2.26. The second kappa shape index (κ2) is 7.26. The monoisotopic (exact) mass is 327 g/mol. The van der Waals surface area contributed by atoms with Crippen LogP contribution in [0, 0.1) is 5.92 Å². The number of H-pyrrole nitrogens is 1. The van der Waals surface area contributed by atoms with Gasteiger partial charge in [-0.3, -0.25) is 9.89 Å². The molecule has 1 fully saturated rings. The summed E-state index contributed by atoms with van der Waals surface area (Å²) >= 11 is 0. The number of amides is 1. The number of piperidine rings is 1. The van der Waals surface area contributed by atoms with Gasteiger partial charge in [-0.05, 0) is 24.8 Å². The molecular weight excluding hydrogens is 302 g/mol. The van der Waals surface area contributed by atoms with Crippen LogP contribution >= 0.6 is 0 Å². The van der Waals surface area contributed by atoms with E-state index in [1.165, 1.54) is 0 Å². The lowest BCUT2D eigenvalue weighted by Crippen LogP contribution is -2.40. The Hall–Kier alpha value is -1.37. The Bertz CT molecular complexity index is 581. The van der Waals surface area contributed by atoms with Crippen LogP contribution in [-0.2, 0) is 14.6 Å². The van der Waals surface area contributed by atoms with E-state index in [1.807, 2.05) is 19.9 Å². The lowest BCUT2D eigenvalue weighted by Gasteiger charge is -2.32. The summed E-state index contributed by atoms with van der Waals surface area (Å²) in [6, 6.07) is 1.94. The molecule has 0 aromatic carbocycles. The molecule has 1 N–H and O–H groups in total. The molecule has 1 atom stereocenters. The first kappa shape index (κ1) is 17.0. The Labute approximate surface area is 132 Å². The average Bonchev–Trinajstić information content (AvgIpc) is 2.98. The molecule has 124 valence electrons. The highest BCUT2D eigenvalue weighted by Crippen LogP contribution is 2.25. The minimum atomic E-state index is -3.13. The molecule has 1 aromatic rings. The molecule has 0 spiro atoms. The lowest BCUT2D eigenvalue weighted by atomic mass is 9.95. The van der Waals surface area contributed by atoms with Crippen molar-refractivity contribution in [3.63, 3.8) is 0 Å². The predicted octanol–water partition coefficient (Wildman–Crippen LogP) is 1.58. The van der Waals surface area contributed by atoms with Crippen LogP contribution in [0.4, 0.5) is 0 Å². The number of carbonyl (C=O) groups is 1. The molecule has 0 unspecified atom stereocenters. The smallest absolute Gasteiger partial charge is 0.223 e. The van der Waals surface area contributed by atoms with Crippen molar-refractivity contribution in [1.29, 1.82) is 0 Å². The van der Waals surface area contributed by atoms with Gasteiger partial charge in [-0.2, -0.15) is 5.10 Å². The lowest BCUT2D eigenvalue weighted by molar-refractivity contribution is -0.132. The summed E-state index contributed by atoms with van der Waals surface area (Å²) in [4.78, 5) is 14.1. The maximum Gasteiger partial charge on any atom is 0.223 e. The molecule has 6 nitrogen and oxygen atoms in total. The van der Waals surface area contributed by atoms with Gasteiger partial charge in [0, 0.05) is 37.3 Å². The summed E-state index contributed by atoms with van der Waals surface area (Å²) in [5, 5.41) is 6.92. The predicted molar refractivity (Wildman–Crippen MR) is 85.3 cm³/mol. The molecule has 1 aliphatic rings. The van der Waals surface area contributed by atoms with Crippen molar-refractivity contribution in [3.8, 4) is 0 Å². The number of aromatic amines is 1. The van der Waals surface area contributed by atoms with Crippen molar-refractivity contribution in [2.24, 2.45) is 5.92 Å². The highest BCUT2D eigenvalue weighted by atomic mass is 32.2. The van der Waals surface area contributed by atoms with Crippen LogP contribution in [0.1, 0.15) is 44.7 Å². The summed E-state index contributed by atoms with van der Waals surface area (Å²) < 4.78 is 23.8. The van der Waals surface area contributed by atoms with E-state index in [2.05, 4.69) is 10.2 Å². The number of likely N-dealkylation sites (tertiary alicyclic amines) is 1. The molecule has 1 aromatic heterocycles. The average molecular weight is 327 g/mol. The van der Waals surface area contributed by atoms with E-state index in [4.69, 9.17) is 0 Å². The van der Waals surface area contributed by atoms with E-state index in [9.17, 15) is 13.2 Å². The zero-order valence-electron chi connectivity index (χ0n) is 13.3.